The molecule has 0 spiro atoms. The zero-order valence-corrected chi connectivity index (χ0v) is 15.1. The Labute approximate surface area is 128 Å². The van der Waals surface area contributed by atoms with E-state index in [2.05, 4.69) is 33.9 Å². The summed E-state index contributed by atoms with van der Waals surface area (Å²) in [6.07, 6.45) is 3.20. The topological polar surface area (TPSA) is 9.23 Å². The van der Waals surface area contributed by atoms with Gasteiger partial charge in [-0.2, -0.15) is 0 Å². The van der Waals surface area contributed by atoms with Crippen LogP contribution in [-0.2, 0) is 4.43 Å². The van der Waals surface area contributed by atoms with E-state index in [-0.39, 0.29) is 10.6 Å². The molecule has 0 bridgehead atoms. The first-order chi connectivity index (χ1) is 9.36. The van der Waals surface area contributed by atoms with Gasteiger partial charge in [-0.25, -0.2) is 8.78 Å². The molecule has 0 aliphatic heterocycles. The molecular weight excluding hydrogens is 286 g/mol. The molecule has 0 N–H and O–H groups in total. The van der Waals surface area contributed by atoms with E-state index in [9.17, 15) is 8.78 Å². The number of hydrogen-bond donors (Lipinski definition) is 0. The average molecular weight is 312 g/mol. The summed E-state index contributed by atoms with van der Waals surface area (Å²) >= 11 is 0. The Balaban J connectivity index is 2.98. The number of halogens is 2. The molecule has 0 radical (unpaired) electrons. The normalized spacial score (nSPS) is 14.0. The summed E-state index contributed by atoms with van der Waals surface area (Å²) in [7, 11) is -1.94. The number of rotatable bonds is 4. The third-order valence-electron chi connectivity index (χ3n) is 3.98. The quantitative estimate of drug-likeness (QED) is 0.640. The molecule has 1 aromatic carbocycles. The van der Waals surface area contributed by atoms with Crippen molar-refractivity contribution in [3.63, 3.8) is 0 Å². The lowest BCUT2D eigenvalue weighted by molar-refractivity contribution is 0.142. The second-order valence-corrected chi connectivity index (χ2v) is 12.2. The van der Waals surface area contributed by atoms with E-state index in [1.54, 1.807) is 6.08 Å². The maximum atomic E-state index is 13.6. The minimum Gasteiger partial charge on any atom is -0.409 e. The Morgan fingerprint density at radius 2 is 1.48 bits per heavy atom. The SMILES string of the molecule is CC(C)(/C=C/c1c(F)cccc1F)O[Si](C)(C)C(C)(C)C. The molecule has 0 aliphatic carbocycles. The van der Waals surface area contributed by atoms with E-state index < -0.39 is 25.6 Å². The van der Waals surface area contributed by atoms with E-state index in [0.29, 0.717) is 0 Å². The van der Waals surface area contributed by atoms with Crippen LogP contribution >= 0.6 is 0 Å². The largest absolute Gasteiger partial charge is 0.409 e. The Morgan fingerprint density at radius 1 is 1.00 bits per heavy atom. The second kappa shape index (κ2) is 6.01. The molecule has 0 saturated carbocycles. The smallest absolute Gasteiger partial charge is 0.193 e. The van der Waals surface area contributed by atoms with Crippen LogP contribution in [0.2, 0.25) is 18.1 Å². The Hall–Kier alpha value is -1.00. The third kappa shape index (κ3) is 4.75. The van der Waals surface area contributed by atoms with Crippen LogP contribution in [0.15, 0.2) is 24.3 Å². The summed E-state index contributed by atoms with van der Waals surface area (Å²) in [6.45, 7) is 14.6. The van der Waals surface area contributed by atoms with Crippen LogP contribution in [0.5, 0.6) is 0 Å². The van der Waals surface area contributed by atoms with Gasteiger partial charge in [0.2, 0.25) is 0 Å². The minimum atomic E-state index is -1.94. The Morgan fingerprint density at radius 3 is 1.90 bits per heavy atom. The lowest BCUT2D eigenvalue weighted by Crippen LogP contribution is -2.46. The van der Waals surface area contributed by atoms with Crippen LogP contribution in [-0.4, -0.2) is 13.9 Å². The fraction of sp³-hybridized carbons (Fsp3) is 0.529. The maximum Gasteiger partial charge on any atom is 0.193 e. The lowest BCUT2D eigenvalue weighted by atomic mass is 10.1. The van der Waals surface area contributed by atoms with Crippen LogP contribution in [0.1, 0.15) is 40.2 Å². The van der Waals surface area contributed by atoms with Gasteiger partial charge >= 0.3 is 0 Å². The van der Waals surface area contributed by atoms with Crippen molar-refractivity contribution in [2.24, 2.45) is 0 Å². The van der Waals surface area contributed by atoms with Gasteiger partial charge in [-0.1, -0.05) is 39.0 Å². The predicted octanol–water partition coefficient (Wildman–Crippen LogP) is 5.78. The lowest BCUT2D eigenvalue weighted by Gasteiger charge is -2.41. The van der Waals surface area contributed by atoms with Crippen molar-refractivity contribution < 1.29 is 13.2 Å². The van der Waals surface area contributed by atoms with Crippen LogP contribution < -0.4 is 0 Å². The molecule has 118 valence electrons. The molecule has 0 aromatic heterocycles. The zero-order valence-electron chi connectivity index (χ0n) is 14.1. The third-order valence-corrected chi connectivity index (χ3v) is 8.62. The Bertz CT molecular complexity index is 508. The van der Waals surface area contributed by atoms with E-state index in [4.69, 9.17) is 4.43 Å². The molecule has 21 heavy (non-hydrogen) atoms. The zero-order chi connectivity index (χ0) is 16.5. The maximum absolute atomic E-state index is 13.6. The molecule has 0 atom stereocenters. The van der Waals surface area contributed by atoms with E-state index in [0.717, 1.165) is 0 Å². The van der Waals surface area contributed by atoms with Gasteiger partial charge in [-0.15, -0.1) is 0 Å². The predicted molar refractivity (Wildman–Crippen MR) is 87.8 cm³/mol. The molecule has 0 unspecified atom stereocenters. The highest BCUT2D eigenvalue weighted by atomic mass is 28.4. The highest BCUT2D eigenvalue weighted by Gasteiger charge is 2.40. The van der Waals surface area contributed by atoms with Crippen molar-refractivity contribution in [2.45, 2.75) is 58.4 Å². The van der Waals surface area contributed by atoms with Gasteiger partial charge < -0.3 is 4.43 Å². The first-order valence-electron chi connectivity index (χ1n) is 7.19. The van der Waals surface area contributed by atoms with E-state index >= 15 is 0 Å². The molecule has 0 aliphatic rings. The molecule has 1 nitrogen and oxygen atoms in total. The summed E-state index contributed by atoms with van der Waals surface area (Å²) in [5, 5.41) is 0.0847. The van der Waals surface area contributed by atoms with E-state index in [1.165, 1.54) is 24.3 Å². The molecule has 1 rings (SSSR count). The van der Waals surface area contributed by atoms with Crippen LogP contribution in [0, 0.1) is 11.6 Å². The van der Waals surface area contributed by atoms with Crippen molar-refractivity contribution in [1.29, 1.82) is 0 Å². The number of benzene rings is 1. The molecule has 0 fully saturated rings. The van der Waals surface area contributed by atoms with Crippen molar-refractivity contribution in [2.75, 3.05) is 0 Å². The fourth-order valence-corrected chi connectivity index (χ4v) is 3.49. The van der Waals surface area contributed by atoms with Crippen molar-refractivity contribution in [1.82, 2.24) is 0 Å². The summed E-state index contributed by atoms with van der Waals surface area (Å²) in [4.78, 5) is 0. The van der Waals surface area contributed by atoms with Gasteiger partial charge in [0.1, 0.15) is 11.6 Å². The summed E-state index contributed by atoms with van der Waals surface area (Å²) in [5.74, 6) is -1.12. The summed E-state index contributed by atoms with van der Waals surface area (Å²) in [5.41, 5.74) is -0.595. The van der Waals surface area contributed by atoms with Crippen LogP contribution in [0.25, 0.3) is 6.08 Å². The van der Waals surface area contributed by atoms with Crippen molar-refractivity contribution in [3.8, 4) is 0 Å². The monoisotopic (exact) mass is 312 g/mol. The number of hydrogen-bond acceptors (Lipinski definition) is 1. The highest BCUT2D eigenvalue weighted by Crippen LogP contribution is 2.39. The summed E-state index contributed by atoms with van der Waals surface area (Å²) < 4.78 is 33.6. The second-order valence-electron chi connectivity index (χ2n) is 7.43. The van der Waals surface area contributed by atoms with Gasteiger partial charge in [-0.3, -0.25) is 0 Å². The van der Waals surface area contributed by atoms with Crippen LogP contribution in [0.3, 0.4) is 0 Å². The first-order valence-corrected chi connectivity index (χ1v) is 10.1. The highest BCUT2D eigenvalue weighted by molar-refractivity contribution is 6.74. The molecular formula is C17H26F2OSi. The average Bonchev–Trinajstić information content (AvgIpc) is 2.25. The van der Waals surface area contributed by atoms with Crippen LogP contribution in [0.4, 0.5) is 8.78 Å². The minimum absolute atomic E-state index is 0.0237. The summed E-state index contributed by atoms with van der Waals surface area (Å²) in [6, 6.07) is 3.87. The molecule has 0 heterocycles. The van der Waals surface area contributed by atoms with Gasteiger partial charge in [0, 0.05) is 5.56 Å². The first kappa shape index (κ1) is 18.0. The molecule has 0 amide bonds. The fourth-order valence-electron chi connectivity index (χ4n) is 1.80. The van der Waals surface area contributed by atoms with Crippen molar-refractivity contribution >= 4 is 14.4 Å². The van der Waals surface area contributed by atoms with Crippen molar-refractivity contribution in [3.05, 3.63) is 41.5 Å². The van der Waals surface area contributed by atoms with Gasteiger partial charge in [0.05, 0.1) is 5.60 Å². The van der Waals surface area contributed by atoms with Gasteiger partial charge in [0.25, 0.3) is 0 Å². The molecule has 0 saturated heterocycles. The van der Waals surface area contributed by atoms with E-state index in [1.807, 2.05) is 13.8 Å². The van der Waals surface area contributed by atoms with Gasteiger partial charge in [0.15, 0.2) is 8.32 Å². The van der Waals surface area contributed by atoms with Gasteiger partial charge in [-0.05, 0) is 44.1 Å². The molecule has 4 heteroatoms. The molecule has 1 aromatic rings. The standard InChI is InChI=1S/C17H26F2OSi/c1-16(2,3)21(6,7)20-17(4,5)12-11-13-14(18)9-8-10-15(13)19/h8-12H,1-7H3/b12-11+. The Kier molecular flexibility index (Phi) is 5.16.